The van der Waals surface area contributed by atoms with Crippen molar-refractivity contribution < 1.29 is 23.2 Å². The van der Waals surface area contributed by atoms with Gasteiger partial charge in [0.15, 0.2) is 15.7 Å². The van der Waals surface area contributed by atoms with Crippen LogP contribution in [-0.4, -0.2) is 68.1 Å². The highest BCUT2D eigenvalue weighted by Crippen LogP contribution is 2.06. The molecule has 0 bridgehead atoms. The van der Waals surface area contributed by atoms with Gasteiger partial charge in [-0.3, -0.25) is 4.79 Å². The first kappa shape index (κ1) is 13.7. The Kier molecular flexibility index (Phi) is 4.29. The maximum Gasteiger partial charge on any atom is 0.237 e. The third-order valence-electron chi connectivity index (χ3n) is 2.25. The van der Waals surface area contributed by atoms with Crippen LogP contribution < -0.4 is 5.73 Å². The van der Waals surface area contributed by atoms with Crippen LogP contribution in [0.25, 0.3) is 0 Å². The zero-order valence-corrected chi connectivity index (χ0v) is 10.2. The summed E-state index contributed by atoms with van der Waals surface area (Å²) in [4.78, 5) is 12.9. The standard InChI is InChI=1S/C8H15N3O5S/c1-17(14,15)5-7(12)11-2-3-16-6(4-11)8(9)10-13/h6,13H,2-5H2,1H3,(H2,9,10). The lowest BCUT2D eigenvalue weighted by Gasteiger charge is -2.32. The molecule has 0 saturated carbocycles. The third-order valence-corrected chi connectivity index (χ3v) is 3.02. The molecule has 0 radical (unpaired) electrons. The van der Waals surface area contributed by atoms with Crippen molar-refractivity contribution in [3.63, 3.8) is 0 Å². The summed E-state index contributed by atoms with van der Waals surface area (Å²) in [5.74, 6) is -1.19. The number of rotatable bonds is 3. The summed E-state index contributed by atoms with van der Waals surface area (Å²) >= 11 is 0. The molecule has 9 heteroatoms. The summed E-state index contributed by atoms with van der Waals surface area (Å²) in [5, 5.41) is 11.3. The zero-order chi connectivity index (χ0) is 13.1. The van der Waals surface area contributed by atoms with E-state index in [1.165, 1.54) is 4.90 Å². The Morgan fingerprint density at radius 3 is 2.82 bits per heavy atom. The van der Waals surface area contributed by atoms with E-state index in [0.717, 1.165) is 6.26 Å². The first-order valence-electron chi connectivity index (χ1n) is 4.88. The molecule has 1 rings (SSSR count). The number of morpholine rings is 1. The molecule has 1 unspecified atom stereocenters. The summed E-state index contributed by atoms with van der Waals surface area (Å²) < 4.78 is 27.2. The van der Waals surface area contributed by atoms with Gasteiger partial charge in [0.1, 0.15) is 11.9 Å². The predicted molar refractivity (Wildman–Crippen MR) is 59.4 cm³/mol. The molecule has 1 atom stereocenters. The minimum absolute atomic E-state index is 0.0875. The molecule has 0 aromatic carbocycles. The molecule has 1 amide bonds. The summed E-state index contributed by atoms with van der Waals surface area (Å²) in [6.07, 6.45) is 0.295. The van der Waals surface area contributed by atoms with Gasteiger partial charge >= 0.3 is 0 Å². The molecule has 1 fully saturated rings. The lowest BCUT2D eigenvalue weighted by Crippen LogP contribution is -2.51. The number of carbonyl (C=O) groups excluding carboxylic acids is 1. The van der Waals surface area contributed by atoms with Crippen LogP contribution >= 0.6 is 0 Å². The van der Waals surface area contributed by atoms with Gasteiger partial charge in [-0.1, -0.05) is 5.16 Å². The zero-order valence-electron chi connectivity index (χ0n) is 9.37. The van der Waals surface area contributed by atoms with E-state index in [9.17, 15) is 13.2 Å². The van der Waals surface area contributed by atoms with Gasteiger partial charge in [0, 0.05) is 12.8 Å². The summed E-state index contributed by atoms with van der Waals surface area (Å²) in [6.45, 7) is 0.601. The first-order chi connectivity index (χ1) is 7.83. The minimum Gasteiger partial charge on any atom is -0.409 e. The number of carbonyl (C=O) groups is 1. The van der Waals surface area contributed by atoms with Crippen molar-refractivity contribution in [1.82, 2.24) is 4.90 Å². The van der Waals surface area contributed by atoms with Gasteiger partial charge < -0.3 is 20.6 Å². The molecule has 0 aromatic rings. The molecule has 0 aromatic heterocycles. The second kappa shape index (κ2) is 5.32. The molecule has 0 aliphatic carbocycles. The van der Waals surface area contributed by atoms with E-state index in [0.29, 0.717) is 6.54 Å². The molecule has 1 aliphatic heterocycles. The van der Waals surface area contributed by atoms with Gasteiger partial charge in [-0.25, -0.2) is 8.42 Å². The Morgan fingerprint density at radius 1 is 1.65 bits per heavy atom. The summed E-state index contributed by atoms with van der Waals surface area (Å²) in [5.41, 5.74) is 5.36. The fourth-order valence-corrected chi connectivity index (χ4v) is 2.07. The van der Waals surface area contributed by atoms with E-state index in [1.54, 1.807) is 0 Å². The molecule has 17 heavy (non-hydrogen) atoms. The second-order valence-corrected chi connectivity index (χ2v) is 5.93. The molecular weight excluding hydrogens is 250 g/mol. The molecule has 3 N–H and O–H groups in total. The maximum absolute atomic E-state index is 11.6. The van der Waals surface area contributed by atoms with Crippen LogP contribution in [-0.2, 0) is 19.4 Å². The van der Waals surface area contributed by atoms with Crippen LogP contribution in [0.5, 0.6) is 0 Å². The second-order valence-electron chi connectivity index (χ2n) is 3.79. The number of nitrogens with zero attached hydrogens (tertiary/aromatic N) is 2. The van der Waals surface area contributed by atoms with E-state index < -0.39 is 27.6 Å². The highest BCUT2D eigenvalue weighted by molar-refractivity contribution is 7.91. The molecule has 8 nitrogen and oxygen atoms in total. The predicted octanol–water partition coefficient (Wildman–Crippen LogP) is -2.00. The Balaban J connectivity index is 2.64. The highest BCUT2D eigenvalue weighted by Gasteiger charge is 2.28. The van der Waals surface area contributed by atoms with Crippen molar-refractivity contribution in [3.8, 4) is 0 Å². The van der Waals surface area contributed by atoms with E-state index >= 15 is 0 Å². The van der Waals surface area contributed by atoms with Crippen LogP contribution in [0.3, 0.4) is 0 Å². The fraction of sp³-hybridized carbons (Fsp3) is 0.750. The van der Waals surface area contributed by atoms with Gasteiger partial charge in [0.2, 0.25) is 5.91 Å². The van der Waals surface area contributed by atoms with Crippen LogP contribution in [0.2, 0.25) is 0 Å². The Hall–Kier alpha value is -1.35. The smallest absolute Gasteiger partial charge is 0.237 e. The number of sulfone groups is 1. The van der Waals surface area contributed by atoms with Gasteiger partial charge in [0.05, 0.1) is 13.2 Å². The maximum atomic E-state index is 11.6. The molecule has 1 saturated heterocycles. The topological polar surface area (TPSA) is 122 Å². The minimum atomic E-state index is -3.36. The average molecular weight is 265 g/mol. The molecule has 1 aliphatic rings. The van der Waals surface area contributed by atoms with E-state index in [-0.39, 0.29) is 19.0 Å². The lowest BCUT2D eigenvalue weighted by molar-refractivity contribution is -0.133. The molecular formula is C8H15N3O5S. The monoisotopic (exact) mass is 265 g/mol. The summed E-state index contributed by atoms with van der Waals surface area (Å²) in [7, 11) is -3.36. The van der Waals surface area contributed by atoms with Crippen molar-refractivity contribution >= 4 is 21.6 Å². The van der Waals surface area contributed by atoms with Crippen molar-refractivity contribution in [2.75, 3.05) is 31.7 Å². The number of nitrogens with two attached hydrogens (primary N) is 1. The number of hydrogen-bond donors (Lipinski definition) is 2. The fourth-order valence-electron chi connectivity index (χ4n) is 1.43. The molecule has 0 spiro atoms. The van der Waals surface area contributed by atoms with Gasteiger partial charge in [-0.05, 0) is 0 Å². The van der Waals surface area contributed by atoms with Crippen LogP contribution in [0.1, 0.15) is 0 Å². The van der Waals surface area contributed by atoms with Gasteiger partial charge in [0.25, 0.3) is 0 Å². The Bertz CT molecular complexity index is 419. The van der Waals surface area contributed by atoms with Crippen molar-refractivity contribution in [2.24, 2.45) is 10.9 Å². The third kappa shape index (κ3) is 4.19. The normalized spacial score (nSPS) is 22.5. The number of amides is 1. The van der Waals surface area contributed by atoms with Crippen LogP contribution in [0.15, 0.2) is 5.16 Å². The lowest BCUT2D eigenvalue weighted by atomic mass is 10.2. The van der Waals surface area contributed by atoms with Crippen molar-refractivity contribution in [1.29, 1.82) is 0 Å². The quantitative estimate of drug-likeness (QED) is 0.263. The van der Waals surface area contributed by atoms with Crippen LogP contribution in [0.4, 0.5) is 0 Å². The van der Waals surface area contributed by atoms with Gasteiger partial charge in [-0.15, -0.1) is 0 Å². The van der Waals surface area contributed by atoms with E-state index in [2.05, 4.69) is 5.16 Å². The summed E-state index contributed by atoms with van der Waals surface area (Å²) in [6, 6.07) is 0. The Labute approximate surface area is 98.9 Å². The van der Waals surface area contributed by atoms with Crippen LogP contribution in [0, 0.1) is 0 Å². The Morgan fingerprint density at radius 2 is 2.29 bits per heavy atom. The number of ether oxygens (including phenoxy) is 1. The molecule has 1 heterocycles. The van der Waals surface area contributed by atoms with Crippen molar-refractivity contribution in [2.45, 2.75) is 6.10 Å². The van der Waals surface area contributed by atoms with E-state index in [4.69, 9.17) is 15.7 Å². The average Bonchev–Trinajstić information content (AvgIpc) is 2.26. The van der Waals surface area contributed by atoms with Crippen molar-refractivity contribution in [3.05, 3.63) is 0 Å². The SMILES string of the molecule is CS(=O)(=O)CC(=O)N1CCOC(C(N)=NO)C1. The number of oxime groups is 1. The number of hydrogen-bond acceptors (Lipinski definition) is 6. The molecule has 98 valence electrons. The highest BCUT2D eigenvalue weighted by atomic mass is 32.2. The first-order valence-corrected chi connectivity index (χ1v) is 6.94. The largest absolute Gasteiger partial charge is 0.409 e. The van der Waals surface area contributed by atoms with Gasteiger partial charge in [-0.2, -0.15) is 0 Å². The number of amidine groups is 1. The van der Waals surface area contributed by atoms with E-state index in [1.807, 2.05) is 0 Å².